The van der Waals surface area contributed by atoms with E-state index in [2.05, 4.69) is 13.2 Å². The number of unbranched alkanes of at least 4 members (excludes halogenated alkanes) is 1. The molecule has 1 aromatic rings. The van der Waals surface area contributed by atoms with Crippen LogP contribution < -0.4 is 11.1 Å². The third kappa shape index (κ3) is 5.73. The van der Waals surface area contributed by atoms with E-state index in [0.29, 0.717) is 12.5 Å². The van der Waals surface area contributed by atoms with Gasteiger partial charge in [-0.15, -0.1) is 0 Å². The Hall–Kier alpha value is -1.04. The maximum Gasteiger partial charge on any atom is 0.323 e. The van der Waals surface area contributed by atoms with E-state index in [-0.39, 0.29) is 5.92 Å². The molecule has 0 saturated heterocycles. The van der Waals surface area contributed by atoms with Crippen LogP contribution >= 0.6 is 11.6 Å². The molecule has 4 nitrogen and oxygen atoms in total. The van der Waals surface area contributed by atoms with E-state index < -0.39 is 11.5 Å². The van der Waals surface area contributed by atoms with E-state index in [4.69, 9.17) is 17.3 Å². The third-order valence-electron chi connectivity index (χ3n) is 5.56. The molecular formula is C19H30BClN2O2. The zero-order chi connectivity index (χ0) is 18.3. The van der Waals surface area contributed by atoms with Gasteiger partial charge in [-0.05, 0) is 55.7 Å². The van der Waals surface area contributed by atoms with Crippen LogP contribution in [0.4, 0.5) is 0 Å². The number of carboxylic acid groups (broad SMARTS) is 1. The smallest absolute Gasteiger partial charge is 0.323 e. The summed E-state index contributed by atoms with van der Waals surface area (Å²) >= 11 is 5.91. The summed E-state index contributed by atoms with van der Waals surface area (Å²) in [6.07, 6.45) is 7.34. The first-order valence-electron chi connectivity index (χ1n) is 9.45. The lowest BCUT2D eigenvalue weighted by molar-refractivity contribution is -0.146. The Labute approximate surface area is 156 Å². The molecule has 2 rings (SSSR count). The molecule has 0 radical (unpaired) electrons. The van der Waals surface area contributed by atoms with Crippen molar-refractivity contribution >= 4 is 25.4 Å². The molecule has 1 aliphatic rings. The molecule has 0 unspecified atom stereocenters. The molecule has 138 valence electrons. The Balaban J connectivity index is 1.82. The maximum atomic E-state index is 11.8. The van der Waals surface area contributed by atoms with Crippen molar-refractivity contribution in [2.24, 2.45) is 11.7 Å². The number of carboxylic acids is 1. The first-order chi connectivity index (χ1) is 12.0. The Morgan fingerprint density at radius 1 is 1.24 bits per heavy atom. The summed E-state index contributed by atoms with van der Waals surface area (Å²) in [5.74, 6) is -0.753. The van der Waals surface area contributed by atoms with Gasteiger partial charge >= 0.3 is 5.97 Å². The number of hydrogen-bond donors (Lipinski definition) is 3. The second-order valence-corrected chi connectivity index (χ2v) is 7.79. The number of nitrogens with one attached hydrogen (secondary N) is 1. The van der Waals surface area contributed by atoms with E-state index >= 15 is 0 Å². The van der Waals surface area contributed by atoms with Gasteiger partial charge < -0.3 is 16.2 Å². The van der Waals surface area contributed by atoms with Gasteiger partial charge in [0.25, 0.3) is 0 Å². The lowest BCUT2D eigenvalue weighted by atomic mass is 9.71. The van der Waals surface area contributed by atoms with E-state index in [1.807, 2.05) is 24.3 Å². The van der Waals surface area contributed by atoms with Crippen LogP contribution in [0.15, 0.2) is 24.3 Å². The van der Waals surface area contributed by atoms with Crippen molar-refractivity contribution in [1.82, 2.24) is 5.32 Å². The Morgan fingerprint density at radius 2 is 1.88 bits per heavy atom. The second-order valence-electron chi connectivity index (χ2n) is 7.36. The lowest BCUT2D eigenvalue weighted by Gasteiger charge is -2.39. The summed E-state index contributed by atoms with van der Waals surface area (Å²) in [5, 5.41) is 14.0. The minimum atomic E-state index is -1.06. The summed E-state index contributed by atoms with van der Waals surface area (Å²) in [6.45, 7) is 0.815. The van der Waals surface area contributed by atoms with Crippen LogP contribution in [0.5, 0.6) is 0 Å². The average molecular weight is 365 g/mol. The minimum absolute atomic E-state index is 0.0791. The predicted molar refractivity (Wildman–Crippen MR) is 106 cm³/mol. The predicted octanol–water partition coefficient (Wildman–Crippen LogP) is 2.99. The SMILES string of the molecule is BCCCC[C@@](N)(C(=O)O)C1CCC(NCc2ccc(Cl)cc2)CC1. The zero-order valence-corrected chi connectivity index (χ0v) is 15.9. The molecule has 0 bridgehead atoms. The summed E-state index contributed by atoms with van der Waals surface area (Å²) in [6, 6.07) is 8.30. The van der Waals surface area contributed by atoms with Gasteiger partial charge in [0.2, 0.25) is 0 Å². The number of benzene rings is 1. The molecule has 6 heteroatoms. The van der Waals surface area contributed by atoms with Crippen molar-refractivity contribution in [2.45, 2.75) is 69.4 Å². The fraction of sp³-hybridized carbons (Fsp3) is 0.632. The van der Waals surface area contributed by atoms with Crippen molar-refractivity contribution in [2.75, 3.05) is 0 Å². The number of rotatable bonds is 9. The second kappa shape index (κ2) is 9.60. The molecule has 0 amide bonds. The van der Waals surface area contributed by atoms with Gasteiger partial charge in [-0.25, -0.2) is 0 Å². The molecule has 25 heavy (non-hydrogen) atoms. The van der Waals surface area contributed by atoms with Crippen LogP contribution in [-0.4, -0.2) is 30.5 Å². The maximum absolute atomic E-state index is 11.8. The highest BCUT2D eigenvalue weighted by molar-refractivity contribution is 6.30. The van der Waals surface area contributed by atoms with Gasteiger partial charge in [0.1, 0.15) is 13.4 Å². The molecule has 1 atom stereocenters. The van der Waals surface area contributed by atoms with Crippen LogP contribution in [0, 0.1) is 5.92 Å². The van der Waals surface area contributed by atoms with Crippen molar-refractivity contribution in [1.29, 1.82) is 0 Å². The minimum Gasteiger partial charge on any atom is -0.480 e. The van der Waals surface area contributed by atoms with E-state index in [1.54, 1.807) is 0 Å². The molecular weight excluding hydrogens is 334 g/mol. The number of aliphatic carboxylic acids is 1. The monoisotopic (exact) mass is 364 g/mol. The van der Waals surface area contributed by atoms with Crippen LogP contribution in [0.25, 0.3) is 0 Å². The normalized spacial score (nSPS) is 23.1. The standard InChI is InChI=1S/C19H30BClN2O2/c20-12-2-1-11-19(22,18(24)25)15-5-9-17(10-6-15)23-13-14-3-7-16(21)8-4-14/h3-4,7-8,15,17,23H,1-2,5-6,9-13,20,22H2,(H,24,25)/t15?,17?,19-/m0/s1. The topological polar surface area (TPSA) is 75.4 Å². The van der Waals surface area contributed by atoms with Crippen molar-refractivity contribution in [3.8, 4) is 0 Å². The number of halogens is 1. The van der Waals surface area contributed by atoms with Crippen molar-refractivity contribution < 1.29 is 9.90 Å². The van der Waals surface area contributed by atoms with Crippen LogP contribution in [0.3, 0.4) is 0 Å². The van der Waals surface area contributed by atoms with Crippen LogP contribution in [-0.2, 0) is 11.3 Å². The number of hydrogen-bond acceptors (Lipinski definition) is 3. The summed E-state index contributed by atoms with van der Waals surface area (Å²) in [7, 11) is 2.12. The quantitative estimate of drug-likeness (QED) is 0.465. The zero-order valence-electron chi connectivity index (χ0n) is 15.1. The largest absolute Gasteiger partial charge is 0.480 e. The van der Waals surface area contributed by atoms with Gasteiger partial charge in [0.05, 0.1) is 0 Å². The molecule has 4 N–H and O–H groups in total. The lowest BCUT2D eigenvalue weighted by Crippen LogP contribution is -2.55. The van der Waals surface area contributed by atoms with Gasteiger partial charge in [-0.2, -0.15) is 0 Å². The molecule has 0 spiro atoms. The Bertz CT molecular complexity index is 547. The van der Waals surface area contributed by atoms with Crippen LogP contribution in [0.1, 0.15) is 50.5 Å². The van der Waals surface area contributed by atoms with Crippen molar-refractivity contribution in [3.05, 3.63) is 34.9 Å². The fourth-order valence-corrected chi connectivity index (χ4v) is 3.96. The molecule has 1 saturated carbocycles. The van der Waals surface area contributed by atoms with E-state index in [9.17, 15) is 9.90 Å². The van der Waals surface area contributed by atoms with E-state index in [1.165, 1.54) is 5.56 Å². The third-order valence-corrected chi connectivity index (χ3v) is 5.81. The summed E-state index contributed by atoms with van der Waals surface area (Å²) in [5.41, 5.74) is 6.50. The van der Waals surface area contributed by atoms with Gasteiger partial charge in [-0.3, -0.25) is 4.79 Å². The van der Waals surface area contributed by atoms with Gasteiger partial charge in [0, 0.05) is 17.6 Å². The first-order valence-corrected chi connectivity index (χ1v) is 9.83. The highest BCUT2D eigenvalue weighted by Gasteiger charge is 2.42. The fourth-order valence-electron chi connectivity index (χ4n) is 3.83. The van der Waals surface area contributed by atoms with Gasteiger partial charge in [-0.1, -0.05) is 42.9 Å². The Kier molecular flexibility index (Phi) is 7.79. The molecule has 0 aromatic heterocycles. The molecule has 1 aliphatic carbocycles. The number of nitrogens with two attached hydrogens (primary N) is 1. The van der Waals surface area contributed by atoms with Gasteiger partial charge in [0.15, 0.2) is 0 Å². The van der Waals surface area contributed by atoms with Crippen LogP contribution in [0.2, 0.25) is 11.3 Å². The molecule has 1 aromatic carbocycles. The van der Waals surface area contributed by atoms with E-state index in [0.717, 1.165) is 56.4 Å². The molecule has 0 heterocycles. The summed E-state index contributed by atoms with van der Waals surface area (Å²) in [4.78, 5) is 11.8. The highest BCUT2D eigenvalue weighted by atomic mass is 35.5. The van der Waals surface area contributed by atoms with Crippen molar-refractivity contribution in [3.63, 3.8) is 0 Å². The average Bonchev–Trinajstić information content (AvgIpc) is 2.61. The Morgan fingerprint density at radius 3 is 2.44 bits per heavy atom. The number of carbonyl (C=O) groups is 1. The summed E-state index contributed by atoms with van der Waals surface area (Å²) < 4.78 is 0. The first kappa shape index (κ1) is 20.3. The molecule has 0 aliphatic heterocycles. The highest BCUT2D eigenvalue weighted by Crippen LogP contribution is 2.35. The molecule has 1 fully saturated rings.